The molecule has 2 N–H and O–H groups in total. The van der Waals surface area contributed by atoms with Crippen molar-refractivity contribution in [1.29, 1.82) is 0 Å². The topological polar surface area (TPSA) is 85.9 Å². The second-order valence-electron chi connectivity index (χ2n) is 7.10. The molecule has 35 heavy (non-hydrogen) atoms. The van der Waals surface area contributed by atoms with Crippen LogP contribution in [0.2, 0.25) is 0 Å². The SMILES string of the molecule is O=C(Nc1ccccc1OC(F)(F)F)C(=Cc1cc2c(cc1Br)OCO2)NC(=O)c1ccccc1. The van der Waals surface area contributed by atoms with E-state index in [0.29, 0.717) is 21.5 Å². The van der Waals surface area contributed by atoms with E-state index in [1.54, 1.807) is 42.5 Å². The second kappa shape index (κ2) is 10.1. The average molecular weight is 549 g/mol. The molecular formula is C24H16BrF3N2O5. The van der Waals surface area contributed by atoms with Gasteiger partial charge in [0.25, 0.3) is 11.8 Å². The van der Waals surface area contributed by atoms with E-state index in [2.05, 4.69) is 31.3 Å². The molecule has 0 saturated carbocycles. The van der Waals surface area contributed by atoms with Crippen molar-refractivity contribution < 1.29 is 37.0 Å². The quantitative estimate of drug-likeness (QED) is 0.398. The third-order valence-electron chi connectivity index (χ3n) is 4.68. The number of para-hydroxylation sites is 2. The van der Waals surface area contributed by atoms with Crippen LogP contribution in [-0.4, -0.2) is 25.0 Å². The average Bonchev–Trinajstić information content (AvgIpc) is 3.26. The smallest absolute Gasteiger partial charge is 0.454 e. The second-order valence-corrected chi connectivity index (χ2v) is 7.96. The molecule has 3 aromatic carbocycles. The van der Waals surface area contributed by atoms with E-state index in [0.717, 1.165) is 6.07 Å². The van der Waals surface area contributed by atoms with Gasteiger partial charge in [0, 0.05) is 10.0 Å². The number of alkyl halides is 3. The summed E-state index contributed by atoms with van der Waals surface area (Å²) in [7, 11) is 0. The van der Waals surface area contributed by atoms with Gasteiger partial charge in [-0.1, -0.05) is 46.3 Å². The fourth-order valence-corrected chi connectivity index (χ4v) is 3.55. The normalized spacial score (nSPS) is 12.7. The highest BCUT2D eigenvalue weighted by molar-refractivity contribution is 9.10. The number of rotatable bonds is 6. The number of carbonyl (C=O) groups excluding carboxylic acids is 2. The number of hydrogen-bond donors (Lipinski definition) is 2. The molecule has 0 bridgehead atoms. The fourth-order valence-electron chi connectivity index (χ4n) is 3.11. The number of anilines is 1. The summed E-state index contributed by atoms with van der Waals surface area (Å²) in [6.07, 6.45) is -3.60. The summed E-state index contributed by atoms with van der Waals surface area (Å²) in [6, 6.07) is 16.4. The lowest BCUT2D eigenvalue weighted by Crippen LogP contribution is -2.31. The first kappa shape index (κ1) is 24.1. The standard InChI is InChI=1S/C24H16BrF3N2O5/c25-16-12-21-20(33-13-34-21)11-15(16)10-18(30-22(31)14-6-2-1-3-7-14)23(32)29-17-8-4-5-9-19(17)35-24(26,27)28/h1-12H,13H2,(H,29,32)(H,30,31). The van der Waals surface area contributed by atoms with E-state index in [1.807, 2.05) is 0 Å². The number of ether oxygens (including phenoxy) is 3. The highest BCUT2D eigenvalue weighted by atomic mass is 79.9. The van der Waals surface area contributed by atoms with Crippen LogP contribution >= 0.6 is 15.9 Å². The van der Waals surface area contributed by atoms with Crippen molar-refractivity contribution in [2.45, 2.75) is 6.36 Å². The molecule has 1 aliphatic rings. The third kappa shape index (κ3) is 6.12. The first-order chi connectivity index (χ1) is 16.7. The molecule has 3 aromatic rings. The lowest BCUT2D eigenvalue weighted by molar-refractivity contribution is -0.274. The van der Waals surface area contributed by atoms with Crippen LogP contribution in [0.15, 0.2) is 76.9 Å². The van der Waals surface area contributed by atoms with Gasteiger partial charge in [-0.3, -0.25) is 9.59 Å². The highest BCUT2D eigenvalue weighted by Gasteiger charge is 2.32. The van der Waals surface area contributed by atoms with Gasteiger partial charge in [-0.05, 0) is 48.0 Å². The summed E-state index contributed by atoms with van der Waals surface area (Å²) in [5.74, 6) is -1.16. The van der Waals surface area contributed by atoms with Crippen molar-refractivity contribution in [3.63, 3.8) is 0 Å². The number of benzene rings is 3. The minimum atomic E-state index is -4.96. The van der Waals surface area contributed by atoms with Crippen molar-refractivity contribution in [2.24, 2.45) is 0 Å². The Morgan fingerprint density at radius 1 is 0.971 bits per heavy atom. The molecule has 0 unspecified atom stereocenters. The molecule has 180 valence electrons. The fraction of sp³-hybridized carbons (Fsp3) is 0.0833. The zero-order chi connectivity index (χ0) is 25.0. The van der Waals surface area contributed by atoms with Crippen molar-refractivity contribution in [1.82, 2.24) is 5.32 Å². The van der Waals surface area contributed by atoms with Gasteiger partial charge in [0.15, 0.2) is 17.2 Å². The molecule has 0 atom stereocenters. The van der Waals surface area contributed by atoms with Gasteiger partial charge < -0.3 is 24.8 Å². The number of amides is 2. The van der Waals surface area contributed by atoms with E-state index in [9.17, 15) is 22.8 Å². The Labute approximate surface area is 205 Å². The molecular weight excluding hydrogens is 533 g/mol. The molecule has 0 aliphatic carbocycles. The molecule has 2 amide bonds. The summed E-state index contributed by atoms with van der Waals surface area (Å²) in [6.45, 7) is 0.0308. The number of nitrogens with one attached hydrogen (secondary N) is 2. The van der Waals surface area contributed by atoms with Crippen molar-refractivity contribution >= 4 is 39.5 Å². The minimum absolute atomic E-state index is 0.0308. The lowest BCUT2D eigenvalue weighted by Gasteiger charge is -2.15. The van der Waals surface area contributed by atoms with Crippen LogP contribution in [0.1, 0.15) is 15.9 Å². The van der Waals surface area contributed by atoms with E-state index in [-0.39, 0.29) is 23.7 Å². The third-order valence-corrected chi connectivity index (χ3v) is 5.37. The van der Waals surface area contributed by atoms with E-state index < -0.39 is 23.9 Å². The summed E-state index contributed by atoms with van der Waals surface area (Å²) >= 11 is 3.38. The lowest BCUT2D eigenvalue weighted by atomic mass is 10.1. The maximum Gasteiger partial charge on any atom is 0.573 e. The van der Waals surface area contributed by atoms with Crippen molar-refractivity contribution in [3.05, 3.63) is 88.0 Å². The summed E-state index contributed by atoms with van der Waals surface area (Å²) < 4.78 is 53.6. The van der Waals surface area contributed by atoms with Gasteiger partial charge in [-0.25, -0.2) is 0 Å². The molecule has 0 saturated heterocycles. The van der Waals surface area contributed by atoms with Crippen LogP contribution in [0.3, 0.4) is 0 Å². The van der Waals surface area contributed by atoms with E-state index in [1.165, 1.54) is 24.3 Å². The Morgan fingerprint density at radius 2 is 1.63 bits per heavy atom. The Balaban J connectivity index is 1.68. The number of fused-ring (bicyclic) bond motifs is 1. The monoisotopic (exact) mass is 548 g/mol. The van der Waals surface area contributed by atoms with Crippen LogP contribution in [0, 0.1) is 0 Å². The highest BCUT2D eigenvalue weighted by Crippen LogP contribution is 2.38. The minimum Gasteiger partial charge on any atom is -0.454 e. The molecule has 4 rings (SSSR count). The molecule has 1 aliphatic heterocycles. The maximum absolute atomic E-state index is 13.1. The van der Waals surface area contributed by atoms with E-state index >= 15 is 0 Å². The van der Waals surface area contributed by atoms with Gasteiger partial charge in [0.05, 0.1) is 5.69 Å². The Hall–Kier alpha value is -3.99. The van der Waals surface area contributed by atoms with Gasteiger partial charge in [-0.15, -0.1) is 13.2 Å². The first-order valence-corrected chi connectivity index (χ1v) is 10.8. The van der Waals surface area contributed by atoms with Crippen LogP contribution in [0.25, 0.3) is 6.08 Å². The number of carbonyl (C=O) groups is 2. The molecule has 0 spiro atoms. The van der Waals surface area contributed by atoms with Gasteiger partial charge >= 0.3 is 6.36 Å². The van der Waals surface area contributed by atoms with Crippen LogP contribution in [-0.2, 0) is 4.79 Å². The van der Waals surface area contributed by atoms with Gasteiger partial charge in [-0.2, -0.15) is 0 Å². The van der Waals surface area contributed by atoms with Crippen molar-refractivity contribution in [2.75, 3.05) is 12.1 Å². The molecule has 0 fully saturated rings. The first-order valence-electron chi connectivity index (χ1n) is 10.0. The van der Waals surface area contributed by atoms with Crippen LogP contribution in [0.4, 0.5) is 18.9 Å². The Bertz CT molecular complexity index is 1300. The predicted molar refractivity (Wildman–Crippen MR) is 124 cm³/mol. The summed E-state index contributed by atoms with van der Waals surface area (Å²) in [5, 5.41) is 4.88. The molecule has 1 heterocycles. The molecule has 0 radical (unpaired) electrons. The zero-order valence-corrected chi connectivity index (χ0v) is 19.3. The number of halogens is 4. The summed E-state index contributed by atoms with van der Waals surface area (Å²) in [5.41, 5.74) is 0.254. The van der Waals surface area contributed by atoms with Crippen LogP contribution in [0.5, 0.6) is 17.2 Å². The summed E-state index contributed by atoms with van der Waals surface area (Å²) in [4.78, 5) is 25.9. The predicted octanol–water partition coefficient (Wildman–Crippen LogP) is 5.49. The Kier molecular flexibility index (Phi) is 6.97. The van der Waals surface area contributed by atoms with E-state index in [4.69, 9.17) is 9.47 Å². The zero-order valence-electron chi connectivity index (χ0n) is 17.7. The molecule has 7 nitrogen and oxygen atoms in total. The maximum atomic E-state index is 13.1. The molecule has 11 heteroatoms. The Morgan fingerprint density at radius 3 is 2.34 bits per heavy atom. The van der Waals surface area contributed by atoms with Gasteiger partial charge in [0.1, 0.15) is 5.70 Å². The largest absolute Gasteiger partial charge is 0.573 e. The van der Waals surface area contributed by atoms with Crippen molar-refractivity contribution in [3.8, 4) is 17.2 Å². The van der Waals surface area contributed by atoms with Gasteiger partial charge in [0.2, 0.25) is 6.79 Å². The number of hydrogen-bond acceptors (Lipinski definition) is 5. The van der Waals surface area contributed by atoms with Crippen LogP contribution < -0.4 is 24.8 Å². The molecule has 0 aromatic heterocycles.